The quantitative estimate of drug-likeness (QED) is 0.322. The molecule has 0 unspecified atom stereocenters. The number of allylic oxidation sites excluding steroid dienone is 1. The summed E-state index contributed by atoms with van der Waals surface area (Å²) in [7, 11) is 0. The maximum atomic E-state index is 14.2. The standard InChI is InChI=1S/C24H20F5NO3/c1-3-11-33-23(32)21-14(2)30(13-15-7-6-10-19(25)22(15)26)20(31)12-17(21)16-8-4-5-9-18(16)24(27,28)29/h3-10,17H,1,11-13H2,2H3/t17-/m1/s1. The van der Waals surface area contributed by atoms with Crippen molar-refractivity contribution in [3.63, 3.8) is 0 Å². The Bertz CT molecular complexity index is 1120. The van der Waals surface area contributed by atoms with Crippen molar-refractivity contribution in [3.05, 3.63) is 94.7 Å². The van der Waals surface area contributed by atoms with Crippen molar-refractivity contribution in [1.29, 1.82) is 0 Å². The minimum Gasteiger partial charge on any atom is -0.458 e. The molecule has 3 rings (SSSR count). The topological polar surface area (TPSA) is 46.6 Å². The van der Waals surface area contributed by atoms with Crippen LogP contribution in [0, 0.1) is 11.6 Å². The first-order chi connectivity index (χ1) is 15.6. The van der Waals surface area contributed by atoms with Gasteiger partial charge in [0.1, 0.15) is 6.61 Å². The Morgan fingerprint density at radius 1 is 1.18 bits per heavy atom. The third-order valence-corrected chi connectivity index (χ3v) is 5.38. The molecule has 9 heteroatoms. The molecule has 0 spiro atoms. The lowest BCUT2D eigenvalue weighted by molar-refractivity contribution is -0.142. The predicted molar refractivity (Wildman–Crippen MR) is 110 cm³/mol. The first-order valence-electron chi connectivity index (χ1n) is 9.94. The molecule has 0 aliphatic carbocycles. The van der Waals surface area contributed by atoms with Gasteiger partial charge in [0.25, 0.3) is 0 Å². The van der Waals surface area contributed by atoms with Crippen LogP contribution < -0.4 is 0 Å². The summed E-state index contributed by atoms with van der Waals surface area (Å²) in [5, 5.41) is 0. The number of benzene rings is 2. The van der Waals surface area contributed by atoms with Crippen molar-refractivity contribution in [1.82, 2.24) is 4.90 Å². The molecule has 2 aromatic carbocycles. The molecule has 1 amide bonds. The van der Waals surface area contributed by atoms with Crippen LogP contribution in [0.1, 0.15) is 36.0 Å². The van der Waals surface area contributed by atoms with Crippen LogP contribution in [0.2, 0.25) is 0 Å². The highest BCUT2D eigenvalue weighted by molar-refractivity contribution is 5.96. The summed E-state index contributed by atoms with van der Waals surface area (Å²) in [6.45, 7) is 4.20. The molecule has 0 saturated heterocycles. The predicted octanol–water partition coefficient (Wildman–Crippen LogP) is 5.50. The first kappa shape index (κ1) is 24.2. The summed E-state index contributed by atoms with van der Waals surface area (Å²) in [5.74, 6) is -5.06. The Kier molecular flexibility index (Phi) is 7.00. The highest BCUT2D eigenvalue weighted by Crippen LogP contribution is 2.43. The number of carbonyl (C=O) groups excluding carboxylic acids is 2. The van der Waals surface area contributed by atoms with Crippen molar-refractivity contribution < 1.29 is 36.3 Å². The molecule has 2 aromatic rings. The average Bonchev–Trinajstić information content (AvgIpc) is 2.76. The van der Waals surface area contributed by atoms with Crippen molar-refractivity contribution in [3.8, 4) is 0 Å². The molecular formula is C24H20F5NO3. The highest BCUT2D eigenvalue weighted by Gasteiger charge is 2.42. The van der Waals surface area contributed by atoms with Crippen molar-refractivity contribution in [2.24, 2.45) is 0 Å². The van der Waals surface area contributed by atoms with Gasteiger partial charge < -0.3 is 9.64 Å². The Labute approximate surface area is 187 Å². The van der Waals surface area contributed by atoms with E-state index in [4.69, 9.17) is 4.74 Å². The average molecular weight is 465 g/mol. The van der Waals surface area contributed by atoms with Crippen molar-refractivity contribution in [2.75, 3.05) is 6.61 Å². The largest absolute Gasteiger partial charge is 0.458 e. The zero-order chi connectivity index (χ0) is 24.3. The van der Waals surface area contributed by atoms with E-state index >= 15 is 0 Å². The number of hydrogen-bond acceptors (Lipinski definition) is 3. The van der Waals surface area contributed by atoms with Crippen LogP contribution in [-0.4, -0.2) is 23.4 Å². The number of rotatable bonds is 6. The number of nitrogens with zero attached hydrogens (tertiary/aromatic N) is 1. The van der Waals surface area contributed by atoms with Gasteiger partial charge in [0, 0.05) is 23.6 Å². The lowest BCUT2D eigenvalue weighted by atomic mass is 9.81. The normalized spacial score (nSPS) is 16.7. The second-order valence-corrected chi connectivity index (χ2v) is 7.42. The minimum atomic E-state index is -4.72. The fourth-order valence-corrected chi connectivity index (χ4v) is 3.85. The van der Waals surface area contributed by atoms with Crippen LogP contribution >= 0.6 is 0 Å². The van der Waals surface area contributed by atoms with Gasteiger partial charge in [-0.15, -0.1) is 0 Å². The maximum Gasteiger partial charge on any atom is 0.416 e. The third-order valence-electron chi connectivity index (χ3n) is 5.38. The van der Waals surface area contributed by atoms with Gasteiger partial charge in [0.05, 0.1) is 17.7 Å². The van der Waals surface area contributed by atoms with Crippen LogP contribution in [0.25, 0.3) is 0 Å². The summed E-state index contributed by atoms with van der Waals surface area (Å²) in [4.78, 5) is 26.9. The van der Waals surface area contributed by atoms with E-state index < -0.39 is 54.1 Å². The number of halogens is 5. The molecule has 1 aliphatic heterocycles. The molecule has 0 N–H and O–H groups in total. The van der Waals surface area contributed by atoms with Crippen LogP contribution in [0.15, 0.2) is 66.4 Å². The zero-order valence-electron chi connectivity index (χ0n) is 17.6. The Morgan fingerprint density at radius 3 is 2.55 bits per heavy atom. The number of hydrogen-bond donors (Lipinski definition) is 0. The molecular weight excluding hydrogens is 445 g/mol. The number of alkyl halides is 3. The van der Waals surface area contributed by atoms with Gasteiger partial charge in [-0.2, -0.15) is 13.2 Å². The van der Waals surface area contributed by atoms with Crippen LogP contribution in [0.5, 0.6) is 0 Å². The van der Waals surface area contributed by atoms with Gasteiger partial charge in [-0.1, -0.05) is 43.0 Å². The molecule has 1 atom stereocenters. The molecule has 33 heavy (non-hydrogen) atoms. The fraction of sp³-hybridized carbons (Fsp3) is 0.250. The SMILES string of the molecule is C=CCOC(=O)C1=C(C)N(Cc2cccc(F)c2F)C(=O)C[C@@H]1c1ccccc1C(F)(F)F. The molecule has 0 saturated carbocycles. The molecule has 1 heterocycles. The number of amides is 1. The van der Waals surface area contributed by atoms with Gasteiger partial charge >= 0.3 is 12.1 Å². The molecule has 1 aliphatic rings. The van der Waals surface area contributed by atoms with Crippen molar-refractivity contribution in [2.45, 2.75) is 32.0 Å². The van der Waals surface area contributed by atoms with Gasteiger partial charge in [-0.3, -0.25) is 4.79 Å². The van der Waals surface area contributed by atoms with Crippen LogP contribution in [-0.2, 0) is 27.0 Å². The summed E-state index contributed by atoms with van der Waals surface area (Å²) >= 11 is 0. The van der Waals surface area contributed by atoms with E-state index in [1.807, 2.05) is 0 Å². The van der Waals surface area contributed by atoms with Gasteiger partial charge in [0.2, 0.25) is 5.91 Å². The second-order valence-electron chi connectivity index (χ2n) is 7.42. The van der Waals surface area contributed by atoms with Crippen molar-refractivity contribution >= 4 is 11.9 Å². The number of carbonyl (C=O) groups is 2. The van der Waals surface area contributed by atoms with Gasteiger partial charge in [-0.05, 0) is 24.6 Å². The van der Waals surface area contributed by atoms with E-state index in [-0.39, 0.29) is 29.0 Å². The molecule has 0 aromatic heterocycles. The van der Waals surface area contributed by atoms with E-state index in [1.165, 1.54) is 43.3 Å². The van der Waals surface area contributed by atoms with Gasteiger partial charge in [-0.25, -0.2) is 13.6 Å². The Hall–Kier alpha value is -3.49. The van der Waals surface area contributed by atoms with E-state index in [1.54, 1.807) is 0 Å². The third kappa shape index (κ3) is 4.97. The summed E-state index contributed by atoms with van der Waals surface area (Å²) in [5.41, 5.74) is -1.53. The van der Waals surface area contributed by atoms with Crippen LogP contribution in [0.3, 0.4) is 0 Å². The molecule has 4 nitrogen and oxygen atoms in total. The zero-order valence-corrected chi connectivity index (χ0v) is 17.6. The molecule has 0 bridgehead atoms. The lowest BCUT2D eigenvalue weighted by Crippen LogP contribution is -2.38. The summed E-state index contributed by atoms with van der Waals surface area (Å²) in [6, 6.07) is 8.13. The molecule has 0 radical (unpaired) electrons. The number of esters is 1. The first-order valence-corrected chi connectivity index (χ1v) is 9.94. The van der Waals surface area contributed by atoms with Crippen LogP contribution in [0.4, 0.5) is 22.0 Å². The summed E-state index contributed by atoms with van der Waals surface area (Å²) < 4.78 is 73.9. The Balaban J connectivity index is 2.13. The minimum absolute atomic E-state index is 0.00551. The number of ether oxygens (including phenoxy) is 1. The Morgan fingerprint density at radius 2 is 1.88 bits per heavy atom. The fourth-order valence-electron chi connectivity index (χ4n) is 3.85. The second kappa shape index (κ2) is 9.56. The van der Waals surface area contributed by atoms with E-state index in [0.29, 0.717) is 0 Å². The van der Waals surface area contributed by atoms with Gasteiger partial charge in [0.15, 0.2) is 11.6 Å². The highest BCUT2D eigenvalue weighted by atomic mass is 19.4. The smallest absolute Gasteiger partial charge is 0.416 e. The van der Waals surface area contributed by atoms with E-state index in [2.05, 4.69) is 6.58 Å². The van der Waals surface area contributed by atoms with E-state index in [0.717, 1.165) is 17.0 Å². The monoisotopic (exact) mass is 465 g/mol. The molecule has 0 fully saturated rings. The van der Waals surface area contributed by atoms with E-state index in [9.17, 15) is 31.5 Å². The molecule has 174 valence electrons. The maximum absolute atomic E-state index is 14.2. The summed E-state index contributed by atoms with van der Waals surface area (Å²) in [6.07, 6.45) is -3.91. The lowest BCUT2D eigenvalue weighted by Gasteiger charge is -2.35.